The predicted octanol–water partition coefficient (Wildman–Crippen LogP) is 2.37. The average Bonchev–Trinajstić information content (AvgIpc) is 2.80. The number of carboxylic acids is 1. The smallest absolute Gasteiger partial charge is 0.393 e. The van der Waals surface area contributed by atoms with Gasteiger partial charge < -0.3 is 14.4 Å². The van der Waals surface area contributed by atoms with E-state index in [4.69, 9.17) is 9.52 Å². The van der Waals surface area contributed by atoms with Crippen molar-refractivity contribution < 1.29 is 27.5 Å². The first kappa shape index (κ1) is 12.8. The summed E-state index contributed by atoms with van der Waals surface area (Å²) in [6, 6.07) is 3.08. The van der Waals surface area contributed by atoms with Crippen LogP contribution in [0.5, 0.6) is 0 Å². The number of alkyl halides is 3. The summed E-state index contributed by atoms with van der Waals surface area (Å²) in [4.78, 5) is 12.3. The van der Waals surface area contributed by atoms with Crippen molar-refractivity contribution in [3.05, 3.63) is 18.4 Å². The van der Waals surface area contributed by atoms with Crippen LogP contribution in [0.4, 0.5) is 19.1 Å². The van der Waals surface area contributed by atoms with Crippen LogP contribution in [0.15, 0.2) is 22.8 Å². The lowest BCUT2D eigenvalue weighted by Gasteiger charge is -2.36. The molecular formula is C11H12F3NO3. The molecule has 100 valence electrons. The van der Waals surface area contributed by atoms with Crippen LogP contribution in [0.1, 0.15) is 6.42 Å². The van der Waals surface area contributed by atoms with E-state index in [1.165, 1.54) is 17.2 Å². The second-order valence-electron chi connectivity index (χ2n) is 4.37. The molecule has 0 aliphatic carbocycles. The molecule has 1 aliphatic heterocycles. The molecule has 0 spiro atoms. The van der Waals surface area contributed by atoms with Gasteiger partial charge in [0.1, 0.15) is 0 Å². The topological polar surface area (TPSA) is 53.7 Å². The molecule has 1 saturated heterocycles. The van der Waals surface area contributed by atoms with Gasteiger partial charge in [-0.3, -0.25) is 4.79 Å². The molecule has 0 amide bonds. The van der Waals surface area contributed by atoms with Crippen LogP contribution in [0.25, 0.3) is 0 Å². The Labute approximate surface area is 101 Å². The molecule has 1 fully saturated rings. The zero-order chi connectivity index (χ0) is 13.3. The van der Waals surface area contributed by atoms with E-state index in [2.05, 4.69) is 0 Å². The zero-order valence-corrected chi connectivity index (χ0v) is 9.35. The zero-order valence-electron chi connectivity index (χ0n) is 9.35. The molecule has 1 aliphatic rings. The van der Waals surface area contributed by atoms with Crippen LogP contribution in [-0.4, -0.2) is 30.3 Å². The summed E-state index contributed by atoms with van der Waals surface area (Å²) in [6.45, 7) is -0.226. The number of halogens is 3. The molecule has 0 aromatic carbocycles. The van der Waals surface area contributed by atoms with Gasteiger partial charge in [-0.1, -0.05) is 0 Å². The molecule has 18 heavy (non-hydrogen) atoms. The molecule has 1 aromatic rings. The lowest BCUT2D eigenvalue weighted by molar-refractivity contribution is -0.182. The summed E-state index contributed by atoms with van der Waals surface area (Å²) >= 11 is 0. The van der Waals surface area contributed by atoms with Gasteiger partial charge in [-0.15, -0.1) is 0 Å². The Morgan fingerprint density at radius 3 is 2.67 bits per heavy atom. The minimum atomic E-state index is -4.39. The fourth-order valence-corrected chi connectivity index (χ4v) is 2.14. The number of aliphatic carboxylic acids is 1. The Morgan fingerprint density at radius 2 is 2.17 bits per heavy atom. The number of furan rings is 1. The highest BCUT2D eigenvalue weighted by atomic mass is 19.4. The summed E-state index contributed by atoms with van der Waals surface area (Å²) in [5.74, 6) is -3.61. The van der Waals surface area contributed by atoms with Gasteiger partial charge in [0.25, 0.3) is 0 Å². The first-order chi connectivity index (χ1) is 8.38. The van der Waals surface area contributed by atoms with E-state index >= 15 is 0 Å². The van der Waals surface area contributed by atoms with Gasteiger partial charge >= 0.3 is 12.1 Å². The van der Waals surface area contributed by atoms with E-state index < -0.39 is 24.0 Å². The Hall–Kier alpha value is -1.66. The second kappa shape index (κ2) is 4.55. The van der Waals surface area contributed by atoms with Crippen molar-refractivity contribution >= 4 is 11.9 Å². The van der Waals surface area contributed by atoms with Crippen molar-refractivity contribution in [3.63, 3.8) is 0 Å². The number of carbonyl (C=O) groups is 1. The molecular weight excluding hydrogens is 251 g/mol. The molecule has 1 aromatic heterocycles. The summed E-state index contributed by atoms with van der Waals surface area (Å²) in [7, 11) is 0. The number of piperidine rings is 1. The van der Waals surface area contributed by atoms with E-state index in [0.29, 0.717) is 0 Å². The Kier molecular flexibility index (Phi) is 3.23. The Morgan fingerprint density at radius 1 is 1.44 bits per heavy atom. The molecule has 2 heterocycles. The van der Waals surface area contributed by atoms with Crippen molar-refractivity contribution in [3.8, 4) is 0 Å². The molecule has 1 N–H and O–H groups in total. The van der Waals surface area contributed by atoms with Crippen molar-refractivity contribution in [1.82, 2.24) is 0 Å². The maximum Gasteiger partial charge on any atom is 0.393 e. The highest BCUT2D eigenvalue weighted by Crippen LogP contribution is 2.37. The Balaban J connectivity index is 2.19. The molecule has 4 nitrogen and oxygen atoms in total. The van der Waals surface area contributed by atoms with Gasteiger partial charge in [-0.25, -0.2) is 0 Å². The highest BCUT2D eigenvalue weighted by Gasteiger charge is 2.46. The third-order valence-electron chi connectivity index (χ3n) is 3.08. The van der Waals surface area contributed by atoms with Gasteiger partial charge in [-0.05, 0) is 12.5 Å². The highest BCUT2D eigenvalue weighted by molar-refractivity contribution is 5.71. The van der Waals surface area contributed by atoms with Crippen molar-refractivity contribution in [2.45, 2.75) is 12.6 Å². The van der Waals surface area contributed by atoms with E-state index in [0.717, 1.165) is 0 Å². The fourth-order valence-electron chi connectivity index (χ4n) is 2.14. The first-order valence-corrected chi connectivity index (χ1v) is 5.46. The van der Waals surface area contributed by atoms with Crippen molar-refractivity contribution in [2.24, 2.45) is 11.8 Å². The summed E-state index contributed by atoms with van der Waals surface area (Å²) in [5, 5.41) is 8.91. The number of anilines is 1. The maximum absolute atomic E-state index is 12.7. The van der Waals surface area contributed by atoms with Crippen LogP contribution in [0, 0.1) is 11.8 Å². The molecule has 2 atom stereocenters. The van der Waals surface area contributed by atoms with Crippen LogP contribution in [0.3, 0.4) is 0 Å². The summed E-state index contributed by atoms with van der Waals surface area (Å²) in [5.41, 5.74) is 0. The summed E-state index contributed by atoms with van der Waals surface area (Å²) < 4.78 is 43.3. The van der Waals surface area contributed by atoms with Gasteiger partial charge in [-0.2, -0.15) is 13.2 Å². The van der Waals surface area contributed by atoms with Gasteiger partial charge in [0.15, 0.2) is 5.88 Å². The third-order valence-corrected chi connectivity index (χ3v) is 3.08. The monoisotopic (exact) mass is 263 g/mol. The molecule has 0 saturated carbocycles. The minimum absolute atomic E-state index is 0.0371. The minimum Gasteiger partial charge on any atom is -0.481 e. The molecule has 0 radical (unpaired) electrons. The van der Waals surface area contributed by atoms with Crippen LogP contribution < -0.4 is 4.90 Å². The van der Waals surface area contributed by atoms with Crippen LogP contribution in [-0.2, 0) is 4.79 Å². The van der Waals surface area contributed by atoms with E-state index in [-0.39, 0.29) is 25.4 Å². The largest absolute Gasteiger partial charge is 0.481 e. The van der Waals surface area contributed by atoms with Gasteiger partial charge in [0.05, 0.1) is 18.1 Å². The van der Waals surface area contributed by atoms with E-state index in [1.54, 1.807) is 6.07 Å². The predicted molar refractivity (Wildman–Crippen MR) is 56.2 cm³/mol. The number of hydrogen-bond acceptors (Lipinski definition) is 3. The second-order valence-corrected chi connectivity index (χ2v) is 4.37. The number of carboxylic acid groups (broad SMARTS) is 1. The lowest BCUT2D eigenvalue weighted by Crippen LogP contribution is -2.47. The van der Waals surface area contributed by atoms with Crippen molar-refractivity contribution in [2.75, 3.05) is 18.0 Å². The average molecular weight is 263 g/mol. The van der Waals surface area contributed by atoms with Crippen molar-refractivity contribution in [1.29, 1.82) is 0 Å². The fraction of sp³-hybridized carbons (Fsp3) is 0.545. The molecule has 2 unspecified atom stereocenters. The van der Waals surface area contributed by atoms with E-state index in [9.17, 15) is 18.0 Å². The van der Waals surface area contributed by atoms with Gasteiger partial charge in [0.2, 0.25) is 0 Å². The van der Waals surface area contributed by atoms with E-state index in [1.807, 2.05) is 0 Å². The third kappa shape index (κ3) is 2.60. The molecule has 0 bridgehead atoms. The lowest BCUT2D eigenvalue weighted by atomic mass is 9.89. The number of rotatable bonds is 2. The first-order valence-electron chi connectivity index (χ1n) is 5.46. The summed E-state index contributed by atoms with van der Waals surface area (Å²) in [6.07, 6.45) is -3.42. The van der Waals surface area contributed by atoms with Crippen LogP contribution in [0.2, 0.25) is 0 Å². The van der Waals surface area contributed by atoms with Crippen LogP contribution >= 0.6 is 0 Å². The Bertz CT molecular complexity index is 416. The number of hydrogen-bond donors (Lipinski definition) is 1. The quantitative estimate of drug-likeness (QED) is 0.890. The molecule has 7 heteroatoms. The maximum atomic E-state index is 12.7. The standard InChI is InChI=1S/C11H12F3NO3/c12-11(13,14)8-4-7(10(16)17)5-15(6-8)9-2-1-3-18-9/h1-3,7-8H,4-6H2,(H,16,17). The SMILES string of the molecule is O=C(O)C1CC(C(F)(F)F)CN(c2ccco2)C1. The number of nitrogens with zero attached hydrogens (tertiary/aromatic N) is 1. The molecule has 2 rings (SSSR count). The van der Waals surface area contributed by atoms with Gasteiger partial charge in [0, 0.05) is 19.2 Å². The normalized spacial score (nSPS) is 25.2.